The van der Waals surface area contributed by atoms with Crippen LogP contribution in [0.4, 0.5) is 0 Å². The summed E-state index contributed by atoms with van der Waals surface area (Å²) < 4.78 is 17.9. The molecule has 2 N–H and O–H groups in total. The van der Waals surface area contributed by atoms with E-state index in [4.69, 9.17) is 14.2 Å². The molecule has 2 aromatic rings. The largest absolute Gasteiger partial charge is 0.493 e. The van der Waals surface area contributed by atoms with Gasteiger partial charge in [0.05, 0.1) is 26.9 Å². The smallest absolute Gasteiger partial charge is 0.330 e. The van der Waals surface area contributed by atoms with Crippen LogP contribution in [0.5, 0.6) is 11.5 Å². The summed E-state index contributed by atoms with van der Waals surface area (Å²) in [5.74, 6) is 1.30. The molecule has 1 saturated heterocycles. The number of ether oxygens (including phenoxy) is 3. The summed E-state index contributed by atoms with van der Waals surface area (Å²) in [4.78, 5) is 26.0. The van der Waals surface area contributed by atoms with Crippen molar-refractivity contribution in [3.8, 4) is 11.5 Å². The predicted octanol–water partition coefficient (Wildman–Crippen LogP) is 1.00. The number of aromatic amines is 1. The molecule has 3 rings (SSSR count). The van der Waals surface area contributed by atoms with Crippen LogP contribution in [0.25, 0.3) is 0 Å². The Morgan fingerprint density at radius 1 is 1.26 bits per heavy atom. The molecule has 1 fully saturated rings. The molecule has 0 bridgehead atoms. The van der Waals surface area contributed by atoms with Crippen molar-refractivity contribution in [1.82, 2.24) is 9.55 Å². The van der Waals surface area contributed by atoms with Gasteiger partial charge in [-0.05, 0) is 43.4 Å². The van der Waals surface area contributed by atoms with Gasteiger partial charge in [0.2, 0.25) is 0 Å². The number of aromatic nitrogens is 2. The fourth-order valence-corrected chi connectivity index (χ4v) is 3.48. The maximum atomic E-state index is 12.1. The van der Waals surface area contributed by atoms with Gasteiger partial charge in [-0.1, -0.05) is 6.07 Å². The molecule has 0 spiro atoms. The first-order valence-electron chi connectivity index (χ1n) is 8.76. The van der Waals surface area contributed by atoms with E-state index >= 15 is 0 Å². The van der Waals surface area contributed by atoms with Gasteiger partial charge in [-0.25, -0.2) is 4.79 Å². The topological polar surface area (TPSA) is 103 Å². The second-order valence-electron chi connectivity index (χ2n) is 6.68. The molecule has 1 aliphatic heterocycles. The molecule has 0 radical (unpaired) electrons. The van der Waals surface area contributed by atoms with Crippen molar-refractivity contribution in [3.63, 3.8) is 0 Å². The summed E-state index contributed by atoms with van der Waals surface area (Å²) in [5.41, 5.74) is 0.529. The first-order valence-corrected chi connectivity index (χ1v) is 8.76. The van der Waals surface area contributed by atoms with E-state index in [1.54, 1.807) is 21.1 Å². The van der Waals surface area contributed by atoms with Gasteiger partial charge in [0.15, 0.2) is 11.5 Å². The summed E-state index contributed by atoms with van der Waals surface area (Å²) >= 11 is 0. The molecule has 8 nitrogen and oxygen atoms in total. The first kappa shape index (κ1) is 19.2. The minimum Gasteiger partial charge on any atom is -0.493 e. The summed E-state index contributed by atoms with van der Waals surface area (Å²) in [5, 5.41) is 9.72. The van der Waals surface area contributed by atoms with E-state index in [0.29, 0.717) is 29.9 Å². The maximum Gasteiger partial charge on any atom is 0.330 e. The Labute approximate surface area is 156 Å². The van der Waals surface area contributed by atoms with Gasteiger partial charge in [-0.3, -0.25) is 14.3 Å². The van der Waals surface area contributed by atoms with Gasteiger partial charge in [0.1, 0.15) is 6.23 Å². The molecule has 8 heteroatoms. The highest BCUT2D eigenvalue weighted by atomic mass is 16.5. The molecule has 146 valence electrons. The van der Waals surface area contributed by atoms with Gasteiger partial charge in [0, 0.05) is 11.8 Å². The number of aliphatic hydroxyl groups is 1. The molecule has 1 aromatic heterocycles. The monoisotopic (exact) mass is 376 g/mol. The standard InChI is InChI=1S/C19H24N2O6/c1-11-9-21(19(24)20-18(11)23)17-8-13(16(10-22)27-17)6-12-4-5-14(25-2)15(7-12)26-3/h4-5,7,9,13,16-17,22H,6,8,10H2,1-3H3,(H,20,23,24)/t13-,16+,17-/m0/s1. The van der Waals surface area contributed by atoms with Crippen LogP contribution in [-0.2, 0) is 11.2 Å². The number of rotatable bonds is 6. The van der Waals surface area contributed by atoms with Crippen molar-refractivity contribution >= 4 is 0 Å². The fraction of sp³-hybridized carbons (Fsp3) is 0.474. The Balaban J connectivity index is 1.82. The summed E-state index contributed by atoms with van der Waals surface area (Å²) in [7, 11) is 3.16. The lowest BCUT2D eigenvalue weighted by molar-refractivity contribution is -0.0326. The molecule has 2 heterocycles. The van der Waals surface area contributed by atoms with Gasteiger partial charge >= 0.3 is 5.69 Å². The quantitative estimate of drug-likeness (QED) is 0.780. The number of aryl methyl sites for hydroxylation is 1. The van der Waals surface area contributed by atoms with Crippen LogP contribution < -0.4 is 20.7 Å². The Morgan fingerprint density at radius 3 is 2.67 bits per heavy atom. The summed E-state index contributed by atoms with van der Waals surface area (Å²) in [6.07, 6.45) is 1.76. The lowest BCUT2D eigenvalue weighted by Gasteiger charge is -2.17. The van der Waals surface area contributed by atoms with Gasteiger partial charge in [-0.15, -0.1) is 0 Å². The number of hydrogen-bond donors (Lipinski definition) is 2. The Bertz CT molecular complexity index is 919. The number of nitrogens with zero attached hydrogens (tertiary/aromatic N) is 1. The van der Waals surface area contributed by atoms with Crippen molar-refractivity contribution in [2.75, 3.05) is 20.8 Å². The molecule has 3 atom stereocenters. The number of methoxy groups -OCH3 is 2. The molecule has 1 aromatic carbocycles. The van der Waals surface area contributed by atoms with Crippen LogP contribution in [0.1, 0.15) is 23.8 Å². The van der Waals surface area contributed by atoms with E-state index < -0.39 is 23.6 Å². The van der Waals surface area contributed by atoms with E-state index in [0.717, 1.165) is 5.56 Å². The number of aliphatic hydroxyl groups excluding tert-OH is 1. The van der Waals surface area contributed by atoms with E-state index in [9.17, 15) is 14.7 Å². The van der Waals surface area contributed by atoms with Gasteiger partial charge < -0.3 is 19.3 Å². The van der Waals surface area contributed by atoms with Crippen molar-refractivity contribution in [2.45, 2.75) is 32.1 Å². The molecular formula is C19H24N2O6. The van der Waals surface area contributed by atoms with E-state index in [1.165, 1.54) is 10.8 Å². The lowest BCUT2D eigenvalue weighted by atomic mass is 9.92. The summed E-state index contributed by atoms with van der Waals surface area (Å²) in [6.45, 7) is 1.49. The zero-order valence-electron chi connectivity index (χ0n) is 15.6. The van der Waals surface area contributed by atoms with E-state index in [1.807, 2.05) is 18.2 Å². The van der Waals surface area contributed by atoms with Crippen LogP contribution in [0.3, 0.4) is 0 Å². The average molecular weight is 376 g/mol. The average Bonchev–Trinajstić information content (AvgIpc) is 3.07. The Hall–Kier alpha value is -2.58. The van der Waals surface area contributed by atoms with Crippen molar-refractivity contribution in [3.05, 3.63) is 56.4 Å². The van der Waals surface area contributed by atoms with E-state index in [-0.39, 0.29) is 12.5 Å². The molecule has 0 saturated carbocycles. The third-order valence-corrected chi connectivity index (χ3v) is 4.94. The molecule has 27 heavy (non-hydrogen) atoms. The number of benzene rings is 1. The Morgan fingerprint density at radius 2 is 2.00 bits per heavy atom. The van der Waals surface area contributed by atoms with Crippen LogP contribution >= 0.6 is 0 Å². The fourth-order valence-electron chi connectivity index (χ4n) is 3.48. The second kappa shape index (κ2) is 7.98. The molecule has 0 amide bonds. The molecular weight excluding hydrogens is 352 g/mol. The lowest BCUT2D eigenvalue weighted by Crippen LogP contribution is -2.33. The van der Waals surface area contributed by atoms with Gasteiger partial charge in [0.25, 0.3) is 5.56 Å². The van der Waals surface area contributed by atoms with Gasteiger partial charge in [-0.2, -0.15) is 0 Å². The molecule has 0 aliphatic carbocycles. The van der Waals surface area contributed by atoms with Crippen LogP contribution in [-0.4, -0.2) is 41.6 Å². The number of H-pyrrole nitrogens is 1. The normalized spacial score (nSPS) is 22.0. The first-order chi connectivity index (χ1) is 13.0. The van der Waals surface area contributed by atoms with Crippen LogP contribution in [0.2, 0.25) is 0 Å². The van der Waals surface area contributed by atoms with Crippen molar-refractivity contribution < 1.29 is 19.3 Å². The highest BCUT2D eigenvalue weighted by molar-refractivity contribution is 5.43. The zero-order valence-corrected chi connectivity index (χ0v) is 15.6. The minimum absolute atomic E-state index is 0.0113. The van der Waals surface area contributed by atoms with Crippen LogP contribution in [0.15, 0.2) is 34.0 Å². The Kier molecular flexibility index (Phi) is 5.67. The van der Waals surface area contributed by atoms with Crippen LogP contribution in [0, 0.1) is 12.8 Å². The number of hydrogen-bond acceptors (Lipinski definition) is 6. The minimum atomic E-state index is -0.532. The highest BCUT2D eigenvalue weighted by Gasteiger charge is 2.36. The third-order valence-electron chi connectivity index (χ3n) is 4.94. The third kappa shape index (κ3) is 3.91. The second-order valence-corrected chi connectivity index (χ2v) is 6.68. The number of nitrogens with one attached hydrogen (secondary N) is 1. The highest BCUT2D eigenvalue weighted by Crippen LogP contribution is 2.36. The zero-order chi connectivity index (χ0) is 19.6. The van der Waals surface area contributed by atoms with E-state index in [2.05, 4.69) is 4.98 Å². The van der Waals surface area contributed by atoms with Crippen molar-refractivity contribution in [2.24, 2.45) is 5.92 Å². The maximum absolute atomic E-state index is 12.1. The predicted molar refractivity (Wildman–Crippen MR) is 98.4 cm³/mol. The SMILES string of the molecule is COc1ccc(C[C@H]2C[C@@H](n3cc(C)c(=O)[nH]c3=O)O[C@@H]2CO)cc1OC. The molecule has 1 aliphatic rings. The van der Waals surface area contributed by atoms with Crippen molar-refractivity contribution in [1.29, 1.82) is 0 Å². The summed E-state index contributed by atoms with van der Waals surface area (Å²) in [6, 6.07) is 5.68. The molecule has 0 unspecified atom stereocenters.